The van der Waals surface area contributed by atoms with Crippen LogP contribution < -0.4 is 4.74 Å². The van der Waals surface area contributed by atoms with Gasteiger partial charge in [-0.3, -0.25) is 0 Å². The third kappa shape index (κ3) is 2.54. The number of allylic oxidation sites excluding steroid dienone is 1. The quantitative estimate of drug-likeness (QED) is 0.759. The van der Waals surface area contributed by atoms with Gasteiger partial charge in [-0.05, 0) is 6.07 Å². The lowest BCUT2D eigenvalue weighted by molar-refractivity contribution is 0.383. The Morgan fingerprint density at radius 3 is 2.71 bits per heavy atom. The minimum Gasteiger partial charge on any atom is -0.493 e. The van der Waals surface area contributed by atoms with Gasteiger partial charge in [-0.15, -0.1) is 0 Å². The molecule has 0 aromatic heterocycles. The highest BCUT2D eigenvalue weighted by atomic mass is 79.9. The van der Waals surface area contributed by atoms with Crippen LogP contribution in [-0.2, 0) is 0 Å². The van der Waals surface area contributed by atoms with Crippen LogP contribution in [0.3, 0.4) is 0 Å². The Bertz CT molecular complexity index is 350. The van der Waals surface area contributed by atoms with Crippen molar-refractivity contribution in [1.82, 2.24) is 0 Å². The van der Waals surface area contributed by atoms with Gasteiger partial charge in [0.15, 0.2) is 11.6 Å². The normalized spacial score (nSPS) is 10.9. The van der Waals surface area contributed by atoms with E-state index in [4.69, 9.17) is 4.74 Å². The molecule has 0 aliphatic carbocycles. The maximum Gasteiger partial charge on any atom is 0.168 e. The van der Waals surface area contributed by atoms with Crippen molar-refractivity contribution in [2.24, 2.45) is 0 Å². The van der Waals surface area contributed by atoms with Gasteiger partial charge in [0, 0.05) is 17.0 Å². The van der Waals surface area contributed by atoms with E-state index in [-0.39, 0.29) is 5.75 Å². The summed E-state index contributed by atoms with van der Waals surface area (Å²) in [5, 5.41) is 0.619. The minimum absolute atomic E-state index is 0.0589. The minimum atomic E-state index is -0.693. The van der Waals surface area contributed by atoms with Crippen LogP contribution in [0.5, 0.6) is 5.75 Å². The van der Waals surface area contributed by atoms with E-state index < -0.39 is 11.6 Å². The van der Waals surface area contributed by atoms with Gasteiger partial charge in [0.1, 0.15) is 5.82 Å². The van der Waals surface area contributed by atoms with E-state index in [1.165, 1.54) is 13.2 Å². The first-order valence-electron chi connectivity index (χ1n) is 3.94. The van der Waals surface area contributed by atoms with Gasteiger partial charge in [0.2, 0.25) is 0 Å². The number of benzene rings is 1. The topological polar surface area (TPSA) is 9.23 Å². The molecule has 0 radical (unpaired) electrons. The fraction of sp³-hybridized carbons (Fsp3) is 0.200. The molecule has 14 heavy (non-hydrogen) atoms. The van der Waals surface area contributed by atoms with Gasteiger partial charge < -0.3 is 4.74 Å². The fourth-order valence-corrected chi connectivity index (χ4v) is 1.28. The summed E-state index contributed by atoms with van der Waals surface area (Å²) < 4.78 is 30.8. The first kappa shape index (κ1) is 11.2. The van der Waals surface area contributed by atoms with Crippen molar-refractivity contribution in [1.29, 1.82) is 0 Å². The van der Waals surface area contributed by atoms with Gasteiger partial charge in [-0.1, -0.05) is 28.1 Å². The number of hydrogen-bond acceptors (Lipinski definition) is 1. The Labute approximate surface area is 89.5 Å². The predicted molar refractivity (Wildman–Crippen MR) is 55.7 cm³/mol. The molecule has 1 nitrogen and oxygen atoms in total. The molecule has 0 spiro atoms. The Kier molecular flexibility index (Phi) is 4.07. The molecule has 0 aliphatic rings. The van der Waals surface area contributed by atoms with Gasteiger partial charge in [-0.25, -0.2) is 8.78 Å². The molecule has 0 aliphatic heterocycles. The molecule has 4 heteroatoms. The fourth-order valence-electron chi connectivity index (χ4n) is 1.09. The molecule has 0 fully saturated rings. The number of hydrogen-bond donors (Lipinski definition) is 0. The monoisotopic (exact) mass is 262 g/mol. The second-order valence-corrected chi connectivity index (χ2v) is 3.21. The standard InChI is InChI=1S/C10H9BrF2O/c1-14-10-7(3-2-4-11)5-8(12)6-9(10)13/h2-3,5-6H,4H2,1H3. The summed E-state index contributed by atoms with van der Waals surface area (Å²) in [5.74, 6) is -1.25. The average molecular weight is 263 g/mol. The van der Waals surface area contributed by atoms with Crippen molar-refractivity contribution < 1.29 is 13.5 Å². The molecule has 0 heterocycles. The summed E-state index contributed by atoms with van der Waals surface area (Å²) in [6.07, 6.45) is 3.33. The third-order valence-corrected chi connectivity index (χ3v) is 2.00. The molecular formula is C10H9BrF2O. The number of halogens is 3. The van der Waals surface area contributed by atoms with Crippen LogP contribution in [0.4, 0.5) is 8.78 Å². The maximum absolute atomic E-state index is 13.1. The second-order valence-electron chi connectivity index (χ2n) is 2.57. The SMILES string of the molecule is COc1c(F)cc(F)cc1C=CCBr. The van der Waals surface area contributed by atoms with Gasteiger partial charge >= 0.3 is 0 Å². The van der Waals surface area contributed by atoms with Crippen molar-refractivity contribution in [2.45, 2.75) is 0 Å². The zero-order valence-electron chi connectivity index (χ0n) is 7.56. The van der Waals surface area contributed by atoms with E-state index in [0.29, 0.717) is 10.9 Å². The lowest BCUT2D eigenvalue weighted by atomic mass is 10.1. The molecule has 0 bridgehead atoms. The van der Waals surface area contributed by atoms with E-state index in [0.717, 1.165) is 6.07 Å². The van der Waals surface area contributed by atoms with Crippen LogP contribution in [0.1, 0.15) is 5.56 Å². The molecule has 76 valence electrons. The smallest absolute Gasteiger partial charge is 0.168 e. The van der Waals surface area contributed by atoms with Gasteiger partial charge in [0.05, 0.1) is 7.11 Å². The number of rotatable bonds is 3. The van der Waals surface area contributed by atoms with Gasteiger partial charge in [-0.2, -0.15) is 0 Å². The maximum atomic E-state index is 13.1. The second kappa shape index (κ2) is 5.10. The van der Waals surface area contributed by atoms with E-state index >= 15 is 0 Å². The Morgan fingerprint density at radius 1 is 1.43 bits per heavy atom. The summed E-state index contributed by atoms with van der Waals surface area (Å²) in [6, 6.07) is 2.02. The molecule has 1 aromatic carbocycles. The largest absolute Gasteiger partial charge is 0.493 e. The number of methoxy groups -OCH3 is 1. The summed E-state index contributed by atoms with van der Waals surface area (Å²) in [4.78, 5) is 0. The number of alkyl halides is 1. The van der Waals surface area contributed by atoms with Crippen molar-refractivity contribution >= 4 is 22.0 Å². The highest BCUT2D eigenvalue weighted by Gasteiger charge is 2.09. The molecule has 1 rings (SSSR count). The van der Waals surface area contributed by atoms with Crippen LogP contribution in [0.25, 0.3) is 6.08 Å². The van der Waals surface area contributed by atoms with Crippen LogP contribution >= 0.6 is 15.9 Å². The molecule has 0 saturated heterocycles. The molecular weight excluding hydrogens is 254 g/mol. The highest BCUT2D eigenvalue weighted by molar-refractivity contribution is 9.09. The first-order chi connectivity index (χ1) is 6.69. The lowest BCUT2D eigenvalue weighted by Crippen LogP contribution is -1.93. The average Bonchev–Trinajstić information content (AvgIpc) is 2.14. The van der Waals surface area contributed by atoms with E-state index in [1.807, 2.05) is 0 Å². The van der Waals surface area contributed by atoms with Gasteiger partial charge in [0.25, 0.3) is 0 Å². The van der Waals surface area contributed by atoms with Crippen molar-refractivity contribution in [3.8, 4) is 5.75 Å². The van der Waals surface area contributed by atoms with Crippen LogP contribution in [0.2, 0.25) is 0 Å². The van der Waals surface area contributed by atoms with Crippen molar-refractivity contribution in [2.75, 3.05) is 12.4 Å². The van der Waals surface area contributed by atoms with E-state index in [9.17, 15) is 8.78 Å². The molecule has 0 N–H and O–H groups in total. The zero-order valence-corrected chi connectivity index (χ0v) is 9.14. The molecule has 0 unspecified atom stereocenters. The zero-order chi connectivity index (χ0) is 10.6. The van der Waals surface area contributed by atoms with Crippen LogP contribution in [-0.4, -0.2) is 12.4 Å². The lowest BCUT2D eigenvalue weighted by Gasteiger charge is -2.05. The molecule has 0 atom stereocenters. The molecule has 0 amide bonds. The first-order valence-corrected chi connectivity index (χ1v) is 5.06. The van der Waals surface area contributed by atoms with Crippen LogP contribution in [0.15, 0.2) is 18.2 Å². The van der Waals surface area contributed by atoms with Crippen molar-refractivity contribution in [3.63, 3.8) is 0 Å². The molecule has 1 aromatic rings. The highest BCUT2D eigenvalue weighted by Crippen LogP contribution is 2.25. The van der Waals surface area contributed by atoms with Crippen molar-refractivity contribution in [3.05, 3.63) is 35.4 Å². The predicted octanol–water partition coefficient (Wildman–Crippen LogP) is 3.38. The Morgan fingerprint density at radius 2 is 2.14 bits per heavy atom. The summed E-state index contributed by atoms with van der Waals surface area (Å²) in [7, 11) is 1.35. The van der Waals surface area contributed by atoms with E-state index in [2.05, 4.69) is 15.9 Å². The Hall–Kier alpha value is -0.900. The number of ether oxygens (including phenoxy) is 1. The Balaban J connectivity index is 3.18. The summed E-state index contributed by atoms with van der Waals surface area (Å²) in [6.45, 7) is 0. The van der Waals surface area contributed by atoms with E-state index in [1.54, 1.807) is 12.2 Å². The molecule has 0 saturated carbocycles. The third-order valence-electron chi connectivity index (χ3n) is 1.63. The summed E-state index contributed by atoms with van der Waals surface area (Å²) >= 11 is 3.18. The van der Waals surface area contributed by atoms with Crippen LogP contribution in [0, 0.1) is 11.6 Å². The summed E-state index contributed by atoms with van der Waals surface area (Å²) in [5.41, 5.74) is 0.393.